The summed E-state index contributed by atoms with van der Waals surface area (Å²) < 4.78 is 16.1. The average molecular weight is 546 g/mol. The van der Waals surface area contributed by atoms with Gasteiger partial charge in [-0.25, -0.2) is 4.79 Å². The summed E-state index contributed by atoms with van der Waals surface area (Å²) in [6, 6.07) is 16.6. The minimum atomic E-state index is -0.549. The standard InChI is InChI=1S/C26H21Cl2NO6S/c1-2-33-23(30)15-35-24-19(27)12-16(13-20(24)28)14-22-25(31)29(26(32)36-22)10-11-34-21-9-5-7-17-6-3-4-8-18(17)21/h3-9,12-14H,2,10-11,15H2,1H3/b22-14-. The summed E-state index contributed by atoms with van der Waals surface area (Å²) >= 11 is 13.4. The second-order valence-electron chi connectivity index (χ2n) is 7.57. The van der Waals surface area contributed by atoms with Crippen molar-refractivity contribution < 1.29 is 28.6 Å². The number of carbonyl (C=O) groups is 3. The Hall–Kier alpha value is -3.20. The molecule has 0 bridgehead atoms. The summed E-state index contributed by atoms with van der Waals surface area (Å²) in [5.41, 5.74) is 0.506. The Morgan fingerprint density at radius 1 is 1.03 bits per heavy atom. The summed E-state index contributed by atoms with van der Waals surface area (Å²) in [4.78, 5) is 38.2. The van der Waals surface area contributed by atoms with Crippen molar-refractivity contribution >= 4 is 68.9 Å². The minimum Gasteiger partial charge on any atom is -0.491 e. The van der Waals surface area contributed by atoms with Crippen LogP contribution in [0.25, 0.3) is 16.8 Å². The number of hydrogen-bond donors (Lipinski definition) is 0. The molecule has 0 aromatic heterocycles. The number of imide groups is 1. The van der Waals surface area contributed by atoms with Crippen LogP contribution in [0, 0.1) is 0 Å². The van der Waals surface area contributed by atoms with E-state index in [1.165, 1.54) is 18.2 Å². The van der Waals surface area contributed by atoms with Gasteiger partial charge in [0, 0.05) is 5.39 Å². The first-order chi connectivity index (χ1) is 17.4. The number of fused-ring (bicyclic) bond motifs is 1. The van der Waals surface area contributed by atoms with Crippen molar-refractivity contribution in [2.45, 2.75) is 6.92 Å². The number of carbonyl (C=O) groups excluding carboxylic acids is 3. The molecule has 0 N–H and O–H groups in total. The fourth-order valence-electron chi connectivity index (χ4n) is 3.55. The topological polar surface area (TPSA) is 82.1 Å². The predicted molar refractivity (Wildman–Crippen MR) is 141 cm³/mol. The smallest absolute Gasteiger partial charge is 0.344 e. The summed E-state index contributed by atoms with van der Waals surface area (Å²) in [6.07, 6.45) is 1.53. The maximum Gasteiger partial charge on any atom is 0.344 e. The van der Waals surface area contributed by atoms with Crippen LogP contribution in [-0.4, -0.2) is 48.4 Å². The molecule has 0 aliphatic carbocycles. The second-order valence-corrected chi connectivity index (χ2v) is 9.37. The number of hydrogen-bond acceptors (Lipinski definition) is 7. The molecule has 1 heterocycles. The van der Waals surface area contributed by atoms with Gasteiger partial charge in [-0.2, -0.15) is 0 Å². The van der Waals surface area contributed by atoms with Crippen LogP contribution >= 0.6 is 35.0 Å². The molecule has 0 atom stereocenters. The summed E-state index contributed by atoms with van der Waals surface area (Å²) in [7, 11) is 0. The van der Waals surface area contributed by atoms with Crippen molar-refractivity contribution in [3.63, 3.8) is 0 Å². The zero-order chi connectivity index (χ0) is 25.7. The lowest BCUT2D eigenvalue weighted by atomic mass is 10.1. The molecule has 7 nitrogen and oxygen atoms in total. The first kappa shape index (κ1) is 25.9. The Morgan fingerprint density at radius 2 is 1.75 bits per heavy atom. The summed E-state index contributed by atoms with van der Waals surface area (Å²) in [5, 5.41) is 1.91. The number of ether oxygens (including phenoxy) is 3. The van der Waals surface area contributed by atoms with E-state index < -0.39 is 11.9 Å². The molecule has 10 heteroatoms. The van der Waals surface area contributed by atoms with E-state index in [2.05, 4.69) is 0 Å². The lowest BCUT2D eigenvalue weighted by molar-refractivity contribution is -0.145. The fraction of sp³-hybridized carbons (Fsp3) is 0.192. The molecule has 1 fully saturated rings. The van der Waals surface area contributed by atoms with Gasteiger partial charge in [0.25, 0.3) is 11.1 Å². The minimum absolute atomic E-state index is 0.105. The SMILES string of the molecule is CCOC(=O)COc1c(Cl)cc(/C=C2\SC(=O)N(CCOc3cccc4ccccc34)C2=O)cc1Cl. The molecule has 1 aliphatic heterocycles. The van der Waals surface area contributed by atoms with Gasteiger partial charge in [0.15, 0.2) is 12.4 Å². The van der Waals surface area contributed by atoms with Gasteiger partial charge < -0.3 is 14.2 Å². The molecule has 3 aromatic rings. The Bertz CT molecular complexity index is 1330. The van der Waals surface area contributed by atoms with E-state index in [9.17, 15) is 14.4 Å². The molecular formula is C26H21Cl2NO6S. The molecule has 186 valence electrons. The van der Waals surface area contributed by atoms with Gasteiger partial charge in [-0.1, -0.05) is 59.6 Å². The molecule has 2 amide bonds. The Labute approximate surface area is 221 Å². The van der Waals surface area contributed by atoms with Gasteiger partial charge in [0.1, 0.15) is 12.4 Å². The molecule has 1 aliphatic rings. The van der Waals surface area contributed by atoms with Crippen LogP contribution in [0.2, 0.25) is 10.0 Å². The Balaban J connectivity index is 1.41. The molecule has 4 rings (SSSR count). The lowest BCUT2D eigenvalue weighted by Crippen LogP contribution is -2.32. The second kappa shape index (κ2) is 11.7. The molecular weight excluding hydrogens is 525 g/mol. The van der Waals surface area contributed by atoms with Crippen molar-refractivity contribution in [2.24, 2.45) is 0 Å². The lowest BCUT2D eigenvalue weighted by Gasteiger charge is -2.14. The van der Waals surface area contributed by atoms with Crippen molar-refractivity contribution in [1.82, 2.24) is 4.90 Å². The third-order valence-corrected chi connectivity index (χ3v) is 6.62. The zero-order valence-corrected chi connectivity index (χ0v) is 21.5. The molecule has 3 aromatic carbocycles. The largest absolute Gasteiger partial charge is 0.491 e. The van der Waals surface area contributed by atoms with Gasteiger partial charge in [0.2, 0.25) is 0 Å². The van der Waals surface area contributed by atoms with E-state index in [4.69, 9.17) is 37.4 Å². The van der Waals surface area contributed by atoms with Gasteiger partial charge in [-0.3, -0.25) is 14.5 Å². The van der Waals surface area contributed by atoms with E-state index in [1.807, 2.05) is 42.5 Å². The quantitative estimate of drug-likeness (QED) is 0.233. The molecule has 0 saturated carbocycles. The Kier molecular flexibility index (Phi) is 8.40. The van der Waals surface area contributed by atoms with Crippen LogP contribution in [0.15, 0.2) is 59.5 Å². The third-order valence-electron chi connectivity index (χ3n) is 5.15. The summed E-state index contributed by atoms with van der Waals surface area (Å²) in [5.74, 6) is -0.166. The number of halogens is 2. The number of benzene rings is 3. The van der Waals surface area contributed by atoms with Gasteiger partial charge in [-0.05, 0) is 53.9 Å². The van der Waals surface area contributed by atoms with Gasteiger partial charge in [-0.15, -0.1) is 0 Å². The van der Waals surface area contributed by atoms with Gasteiger partial charge in [0.05, 0.1) is 28.1 Å². The maximum atomic E-state index is 12.9. The molecule has 0 unspecified atom stereocenters. The van der Waals surface area contributed by atoms with E-state index in [1.54, 1.807) is 6.92 Å². The van der Waals surface area contributed by atoms with E-state index in [0.717, 1.165) is 27.4 Å². The van der Waals surface area contributed by atoms with Crippen LogP contribution < -0.4 is 9.47 Å². The van der Waals surface area contributed by atoms with Gasteiger partial charge >= 0.3 is 5.97 Å². The highest BCUT2D eigenvalue weighted by atomic mass is 35.5. The molecule has 0 spiro atoms. The van der Waals surface area contributed by atoms with Crippen LogP contribution in [0.3, 0.4) is 0 Å². The van der Waals surface area contributed by atoms with Crippen molar-refractivity contribution in [1.29, 1.82) is 0 Å². The maximum absolute atomic E-state index is 12.9. The highest BCUT2D eigenvalue weighted by molar-refractivity contribution is 8.18. The number of rotatable bonds is 9. The first-order valence-electron chi connectivity index (χ1n) is 11.0. The fourth-order valence-corrected chi connectivity index (χ4v) is 5.03. The zero-order valence-electron chi connectivity index (χ0n) is 19.2. The Morgan fingerprint density at radius 3 is 2.50 bits per heavy atom. The number of amides is 2. The van der Waals surface area contributed by atoms with Crippen LogP contribution in [0.5, 0.6) is 11.5 Å². The number of thioether (sulfide) groups is 1. The molecule has 1 saturated heterocycles. The first-order valence-corrected chi connectivity index (χ1v) is 12.6. The highest BCUT2D eigenvalue weighted by Crippen LogP contribution is 2.37. The molecule has 36 heavy (non-hydrogen) atoms. The number of nitrogens with zero attached hydrogens (tertiary/aromatic N) is 1. The average Bonchev–Trinajstić information content (AvgIpc) is 3.11. The molecule has 0 radical (unpaired) electrons. The van der Waals surface area contributed by atoms with E-state index in [0.29, 0.717) is 11.3 Å². The normalized spacial score (nSPS) is 14.5. The highest BCUT2D eigenvalue weighted by Gasteiger charge is 2.35. The van der Waals surface area contributed by atoms with Crippen molar-refractivity contribution in [3.8, 4) is 11.5 Å². The van der Waals surface area contributed by atoms with E-state index >= 15 is 0 Å². The van der Waals surface area contributed by atoms with Crippen LogP contribution in [-0.2, 0) is 14.3 Å². The monoisotopic (exact) mass is 545 g/mol. The van der Waals surface area contributed by atoms with Crippen molar-refractivity contribution in [3.05, 3.63) is 75.1 Å². The van der Waals surface area contributed by atoms with Crippen molar-refractivity contribution in [2.75, 3.05) is 26.4 Å². The van der Waals surface area contributed by atoms with E-state index in [-0.39, 0.29) is 52.3 Å². The van der Waals surface area contributed by atoms with Crippen LogP contribution in [0.1, 0.15) is 12.5 Å². The predicted octanol–water partition coefficient (Wildman–Crippen LogP) is 6.20. The van der Waals surface area contributed by atoms with Crippen LogP contribution in [0.4, 0.5) is 4.79 Å². The summed E-state index contributed by atoms with van der Waals surface area (Å²) in [6.45, 7) is 1.84. The number of esters is 1. The third kappa shape index (κ3) is 5.95.